The lowest BCUT2D eigenvalue weighted by Gasteiger charge is -2.13. The molecule has 11 heteroatoms. The summed E-state index contributed by atoms with van der Waals surface area (Å²) in [7, 11) is 1.37. The van der Waals surface area contributed by atoms with E-state index < -0.39 is 30.1 Å². The first-order chi connectivity index (χ1) is 17.3. The molecule has 3 aromatic rings. The Morgan fingerprint density at radius 1 is 1.03 bits per heavy atom. The molecule has 3 rings (SSSR count). The number of amides is 3. The first-order valence-electron chi connectivity index (χ1n) is 10.5. The van der Waals surface area contributed by atoms with E-state index in [9.17, 15) is 18.8 Å². The van der Waals surface area contributed by atoms with Crippen LogP contribution in [-0.2, 0) is 14.4 Å². The van der Waals surface area contributed by atoms with Crippen LogP contribution in [0.1, 0.15) is 11.1 Å². The molecule has 0 spiro atoms. The van der Waals surface area contributed by atoms with E-state index in [1.54, 1.807) is 24.3 Å². The summed E-state index contributed by atoms with van der Waals surface area (Å²) in [4.78, 5) is 36.1. The Morgan fingerprint density at radius 2 is 1.81 bits per heavy atom. The standard InChI is InChI=1S/C25H22ClFN4O5/c1-15-6-5-7-17(10-15)29-24(33)25(34)31-28-13-16-11-18(26)23(21(12-16)35-2)36-14-22(32)30-20-9-4-3-8-19(20)27/h3-13H,14H2,1-2H3,(H,29,33)(H,30,32)(H,31,34)/b28-13-. The molecule has 186 valence electrons. The van der Waals surface area contributed by atoms with Crippen LogP contribution in [0.2, 0.25) is 5.02 Å². The third kappa shape index (κ3) is 7.28. The molecule has 0 radical (unpaired) electrons. The van der Waals surface area contributed by atoms with Gasteiger partial charge < -0.3 is 20.1 Å². The van der Waals surface area contributed by atoms with Crippen molar-refractivity contribution in [3.05, 3.63) is 82.6 Å². The number of nitrogens with zero attached hydrogens (tertiary/aromatic N) is 1. The highest BCUT2D eigenvalue weighted by molar-refractivity contribution is 6.39. The predicted octanol–water partition coefficient (Wildman–Crippen LogP) is 3.90. The molecule has 9 nitrogen and oxygen atoms in total. The van der Waals surface area contributed by atoms with E-state index in [4.69, 9.17) is 21.1 Å². The minimum Gasteiger partial charge on any atom is -0.493 e. The lowest BCUT2D eigenvalue weighted by atomic mass is 10.2. The van der Waals surface area contributed by atoms with Gasteiger partial charge in [0.05, 0.1) is 24.0 Å². The Bertz CT molecular complexity index is 1320. The number of methoxy groups -OCH3 is 1. The van der Waals surface area contributed by atoms with Crippen LogP contribution in [0.25, 0.3) is 0 Å². The van der Waals surface area contributed by atoms with Crippen LogP contribution in [-0.4, -0.2) is 37.7 Å². The van der Waals surface area contributed by atoms with Crippen LogP contribution in [0.4, 0.5) is 15.8 Å². The zero-order valence-electron chi connectivity index (χ0n) is 19.3. The van der Waals surface area contributed by atoms with Crippen molar-refractivity contribution < 1.29 is 28.2 Å². The second-order valence-corrected chi connectivity index (χ2v) is 7.78. The molecule has 0 saturated heterocycles. The molecule has 0 aliphatic heterocycles. The zero-order chi connectivity index (χ0) is 26.1. The molecular weight excluding hydrogens is 491 g/mol. The van der Waals surface area contributed by atoms with Gasteiger partial charge in [0, 0.05) is 5.69 Å². The number of ether oxygens (including phenoxy) is 2. The van der Waals surface area contributed by atoms with E-state index in [-0.39, 0.29) is 22.2 Å². The van der Waals surface area contributed by atoms with E-state index in [1.165, 1.54) is 43.7 Å². The number of halogens is 2. The summed E-state index contributed by atoms with van der Waals surface area (Å²) in [5.74, 6) is -2.76. The van der Waals surface area contributed by atoms with Crippen LogP contribution in [0, 0.1) is 12.7 Å². The molecule has 0 atom stereocenters. The number of carbonyl (C=O) groups is 3. The number of para-hydroxylation sites is 1. The third-order valence-corrected chi connectivity index (χ3v) is 4.89. The second kappa shape index (κ2) is 12.3. The smallest absolute Gasteiger partial charge is 0.329 e. The van der Waals surface area contributed by atoms with Gasteiger partial charge in [-0.2, -0.15) is 5.10 Å². The van der Waals surface area contributed by atoms with Gasteiger partial charge in [-0.05, 0) is 54.4 Å². The fraction of sp³-hybridized carbons (Fsp3) is 0.120. The number of carbonyl (C=O) groups excluding carboxylic acids is 3. The van der Waals surface area contributed by atoms with Gasteiger partial charge in [-0.25, -0.2) is 9.82 Å². The van der Waals surface area contributed by atoms with Crippen molar-refractivity contribution in [1.82, 2.24) is 5.43 Å². The Hall–Kier alpha value is -4.44. The summed E-state index contributed by atoms with van der Waals surface area (Å²) in [6.45, 7) is 1.40. The molecule has 3 N–H and O–H groups in total. The van der Waals surface area contributed by atoms with E-state index in [1.807, 2.05) is 13.0 Å². The van der Waals surface area contributed by atoms with Gasteiger partial charge in [0.2, 0.25) is 0 Å². The maximum absolute atomic E-state index is 13.7. The van der Waals surface area contributed by atoms with Crippen molar-refractivity contribution >= 4 is 46.9 Å². The number of hydrazone groups is 1. The summed E-state index contributed by atoms with van der Waals surface area (Å²) in [5, 5.41) is 8.72. The molecule has 0 aliphatic carbocycles. The highest BCUT2D eigenvalue weighted by Gasteiger charge is 2.15. The van der Waals surface area contributed by atoms with Crippen LogP contribution < -0.4 is 25.5 Å². The van der Waals surface area contributed by atoms with Crippen molar-refractivity contribution in [3.63, 3.8) is 0 Å². The highest BCUT2D eigenvalue weighted by Crippen LogP contribution is 2.36. The van der Waals surface area contributed by atoms with Crippen molar-refractivity contribution in [1.29, 1.82) is 0 Å². The van der Waals surface area contributed by atoms with Crippen molar-refractivity contribution in [2.24, 2.45) is 5.10 Å². The lowest BCUT2D eigenvalue weighted by Crippen LogP contribution is -2.32. The highest BCUT2D eigenvalue weighted by atomic mass is 35.5. The van der Waals surface area contributed by atoms with Crippen LogP contribution in [0.3, 0.4) is 0 Å². The van der Waals surface area contributed by atoms with E-state index in [0.717, 1.165) is 5.56 Å². The number of nitrogens with one attached hydrogen (secondary N) is 3. The van der Waals surface area contributed by atoms with Gasteiger partial charge in [-0.15, -0.1) is 0 Å². The largest absolute Gasteiger partial charge is 0.493 e. The predicted molar refractivity (Wildman–Crippen MR) is 134 cm³/mol. The van der Waals surface area contributed by atoms with Gasteiger partial charge in [0.15, 0.2) is 18.1 Å². The SMILES string of the molecule is COc1cc(/C=N\NC(=O)C(=O)Nc2cccc(C)c2)cc(Cl)c1OCC(=O)Nc1ccccc1F. The molecule has 0 aromatic heterocycles. The molecular formula is C25H22ClFN4O5. The normalized spacial score (nSPS) is 10.6. The number of benzene rings is 3. The van der Waals surface area contributed by atoms with Crippen molar-refractivity contribution in [2.45, 2.75) is 6.92 Å². The molecule has 3 aromatic carbocycles. The Morgan fingerprint density at radius 3 is 2.53 bits per heavy atom. The van der Waals surface area contributed by atoms with Crippen LogP contribution in [0.5, 0.6) is 11.5 Å². The lowest BCUT2D eigenvalue weighted by molar-refractivity contribution is -0.136. The minimum absolute atomic E-state index is 0.0188. The van der Waals surface area contributed by atoms with E-state index >= 15 is 0 Å². The molecule has 0 unspecified atom stereocenters. The average molecular weight is 513 g/mol. The molecule has 36 heavy (non-hydrogen) atoms. The fourth-order valence-corrected chi connectivity index (χ4v) is 3.24. The summed E-state index contributed by atoms with van der Waals surface area (Å²) >= 11 is 6.27. The van der Waals surface area contributed by atoms with Crippen molar-refractivity contribution in [2.75, 3.05) is 24.4 Å². The second-order valence-electron chi connectivity index (χ2n) is 7.37. The molecule has 0 heterocycles. The number of hydrogen-bond acceptors (Lipinski definition) is 6. The first kappa shape index (κ1) is 26.2. The molecule has 0 saturated carbocycles. The minimum atomic E-state index is -0.966. The molecule has 0 bridgehead atoms. The molecule has 3 amide bonds. The van der Waals surface area contributed by atoms with E-state index in [2.05, 4.69) is 21.2 Å². The first-order valence-corrected chi connectivity index (χ1v) is 10.9. The Balaban J connectivity index is 1.59. The third-order valence-electron chi connectivity index (χ3n) is 4.61. The maximum Gasteiger partial charge on any atom is 0.329 e. The summed E-state index contributed by atoms with van der Waals surface area (Å²) in [6.07, 6.45) is 1.25. The van der Waals surface area contributed by atoms with Crippen molar-refractivity contribution in [3.8, 4) is 11.5 Å². The van der Waals surface area contributed by atoms with Gasteiger partial charge in [0.25, 0.3) is 5.91 Å². The van der Waals surface area contributed by atoms with Gasteiger partial charge >= 0.3 is 11.8 Å². The number of aryl methyl sites for hydroxylation is 1. The van der Waals surface area contributed by atoms with E-state index in [0.29, 0.717) is 11.3 Å². The fourth-order valence-electron chi connectivity index (χ4n) is 2.97. The number of rotatable bonds is 8. The summed E-state index contributed by atoms with van der Waals surface area (Å²) < 4.78 is 24.4. The monoisotopic (exact) mass is 512 g/mol. The quantitative estimate of drug-likeness (QED) is 0.240. The number of hydrogen-bond donors (Lipinski definition) is 3. The van der Waals surface area contributed by atoms with Crippen LogP contribution >= 0.6 is 11.6 Å². The molecule has 0 fully saturated rings. The summed E-state index contributed by atoms with van der Waals surface area (Å²) in [5.41, 5.74) is 3.97. The topological polar surface area (TPSA) is 118 Å². The maximum atomic E-state index is 13.7. The zero-order valence-corrected chi connectivity index (χ0v) is 20.1. The molecule has 0 aliphatic rings. The Kier molecular flexibility index (Phi) is 8.95. The number of anilines is 2. The van der Waals surface area contributed by atoms with Crippen LogP contribution in [0.15, 0.2) is 65.8 Å². The average Bonchev–Trinajstić information content (AvgIpc) is 2.84. The van der Waals surface area contributed by atoms with Gasteiger partial charge in [-0.1, -0.05) is 35.9 Å². The van der Waals surface area contributed by atoms with Gasteiger partial charge in [-0.3, -0.25) is 14.4 Å². The summed E-state index contributed by atoms with van der Waals surface area (Å²) in [6, 6.07) is 15.7. The Labute approximate surface area is 211 Å². The van der Waals surface area contributed by atoms with Gasteiger partial charge in [0.1, 0.15) is 5.82 Å².